The average molecular weight is 263 g/mol. The van der Waals surface area contributed by atoms with E-state index in [1.807, 2.05) is 38.1 Å². The fourth-order valence-electron chi connectivity index (χ4n) is 1.36. The van der Waals surface area contributed by atoms with Gasteiger partial charge in [0, 0.05) is 16.7 Å². The molecule has 0 saturated heterocycles. The summed E-state index contributed by atoms with van der Waals surface area (Å²) in [6.07, 6.45) is -4.13. The van der Waals surface area contributed by atoms with Gasteiger partial charge < -0.3 is 5.32 Å². The number of rotatable bonds is 5. The molecule has 96 valence electrons. The van der Waals surface area contributed by atoms with Gasteiger partial charge in [-0.05, 0) is 18.6 Å². The Balaban J connectivity index is 2.35. The normalized spacial score (nSPS) is 13.7. The number of hydrogen-bond donors (Lipinski definition) is 1. The van der Waals surface area contributed by atoms with Crippen molar-refractivity contribution in [2.24, 2.45) is 0 Å². The van der Waals surface area contributed by atoms with Crippen LogP contribution in [0.25, 0.3) is 0 Å². The highest BCUT2D eigenvalue weighted by atomic mass is 32.2. The third-order valence-electron chi connectivity index (χ3n) is 2.18. The maximum Gasteiger partial charge on any atom is 0.401 e. The van der Waals surface area contributed by atoms with Crippen molar-refractivity contribution in [3.8, 4) is 0 Å². The van der Waals surface area contributed by atoms with Crippen molar-refractivity contribution in [3.05, 3.63) is 29.8 Å². The first-order chi connectivity index (χ1) is 7.88. The first-order valence-electron chi connectivity index (χ1n) is 5.38. The van der Waals surface area contributed by atoms with Gasteiger partial charge in [-0.15, -0.1) is 11.8 Å². The van der Waals surface area contributed by atoms with E-state index in [0.29, 0.717) is 6.54 Å². The first-order valence-corrected chi connectivity index (χ1v) is 6.26. The number of halogens is 3. The van der Waals surface area contributed by atoms with E-state index in [1.54, 1.807) is 11.8 Å². The standard InChI is InChI=1S/C12H16F3NS/c1-9-5-3-4-6-11(9)17-10(2)7-16-8-12(13,14)15/h3-6,10,16H,7-8H2,1-2H3. The van der Waals surface area contributed by atoms with Crippen molar-refractivity contribution in [1.82, 2.24) is 5.32 Å². The second-order valence-electron chi connectivity index (χ2n) is 3.94. The van der Waals surface area contributed by atoms with Gasteiger partial charge in [-0.25, -0.2) is 0 Å². The zero-order valence-corrected chi connectivity index (χ0v) is 10.7. The van der Waals surface area contributed by atoms with Crippen molar-refractivity contribution < 1.29 is 13.2 Å². The molecule has 0 spiro atoms. The van der Waals surface area contributed by atoms with Crippen LogP contribution in [0.3, 0.4) is 0 Å². The minimum absolute atomic E-state index is 0.110. The lowest BCUT2D eigenvalue weighted by atomic mass is 10.2. The van der Waals surface area contributed by atoms with Crippen LogP contribution in [0.4, 0.5) is 13.2 Å². The van der Waals surface area contributed by atoms with Gasteiger partial charge >= 0.3 is 6.18 Å². The SMILES string of the molecule is Cc1ccccc1SC(C)CNCC(F)(F)F. The second-order valence-corrected chi connectivity index (χ2v) is 5.42. The Hall–Kier alpha value is -0.680. The largest absolute Gasteiger partial charge is 0.401 e. The minimum atomic E-state index is -4.13. The molecule has 0 aliphatic carbocycles. The number of benzene rings is 1. The molecule has 0 amide bonds. The van der Waals surface area contributed by atoms with Gasteiger partial charge in [-0.3, -0.25) is 0 Å². The summed E-state index contributed by atoms with van der Waals surface area (Å²) in [4.78, 5) is 1.12. The average Bonchev–Trinajstić information content (AvgIpc) is 2.19. The van der Waals surface area contributed by atoms with Crippen LogP contribution >= 0.6 is 11.8 Å². The Kier molecular flexibility index (Phi) is 5.33. The van der Waals surface area contributed by atoms with Gasteiger partial charge in [-0.2, -0.15) is 13.2 Å². The van der Waals surface area contributed by atoms with E-state index in [4.69, 9.17) is 0 Å². The van der Waals surface area contributed by atoms with Crippen LogP contribution in [-0.4, -0.2) is 24.5 Å². The highest BCUT2D eigenvalue weighted by molar-refractivity contribution is 8.00. The van der Waals surface area contributed by atoms with Crippen LogP contribution in [0.1, 0.15) is 12.5 Å². The number of alkyl halides is 3. The Morgan fingerprint density at radius 2 is 1.94 bits per heavy atom. The number of nitrogens with one attached hydrogen (secondary N) is 1. The molecule has 1 nitrogen and oxygen atoms in total. The molecule has 0 aliphatic rings. The van der Waals surface area contributed by atoms with Crippen molar-refractivity contribution in [1.29, 1.82) is 0 Å². The lowest BCUT2D eigenvalue weighted by Crippen LogP contribution is -2.32. The van der Waals surface area contributed by atoms with Crippen molar-refractivity contribution in [3.63, 3.8) is 0 Å². The summed E-state index contributed by atoms with van der Waals surface area (Å²) in [5, 5.41) is 2.53. The highest BCUT2D eigenvalue weighted by Gasteiger charge is 2.26. The predicted octanol–water partition coefficient (Wildman–Crippen LogP) is 3.63. The van der Waals surface area contributed by atoms with Gasteiger partial charge in [0.1, 0.15) is 0 Å². The number of hydrogen-bond acceptors (Lipinski definition) is 2. The first kappa shape index (κ1) is 14.4. The molecule has 17 heavy (non-hydrogen) atoms. The van der Waals surface area contributed by atoms with E-state index < -0.39 is 12.7 Å². The molecule has 1 rings (SSSR count). The molecule has 0 bridgehead atoms. The van der Waals surface area contributed by atoms with Gasteiger partial charge in [0.2, 0.25) is 0 Å². The molecule has 1 aromatic rings. The summed E-state index contributed by atoms with van der Waals surface area (Å²) in [5.74, 6) is 0. The molecule has 0 heterocycles. The Labute approximate surface area is 104 Å². The molecule has 0 aliphatic heterocycles. The van der Waals surface area contributed by atoms with Crippen LogP contribution in [0.5, 0.6) is 0 Å². The van der Waals surface area contributed by atoms with E-state index >= 15 is 0 Å². The summed E-state index contributed by atoms with van der Waals surface area (Å²) in [6.45, 7) is 3.34. The molecular formula is C12H16F3NS. The predicted molar refractivity (Wildman–Crippen MR) is 65.4 cm³/mol. The highest BCUT2D eigenvalue weighted by Crippen LogP contribution is 2.25. The number of thioether (sulfide) groups is 1. The van der Waals surface area contributed by atoms with Gasteiger partial charge in [0.25, 0.3) is 0 Å². The molecule has 1 unspecified atom stereocenters. The van der Waals surface area contributed by atoms with Crippen LogP contribution in [0, 0.1) is 6.92 Å². The molecule has 0 radical (unpaired) electrons. The molecule has 1 aromatic carbocycles. The van der Waals surface area contributed by atoms with Crippen LogP contribution in [-0.2, 0) is 0 Å². The monoisotopic (exact) mass is 263 g/mol. The minimum Gasteiger partial charge on any atom is -0.308 e. The van der Waals surface area contributed by atoms with Crippen LogP contribution in [0.2, 0.25) is 0 Å². The Bertz CT molecular complexity index is 352. The van der Waals surface area contributed by atoms with E-state index in [9.17, 15) is 13.2 Å². The quantitative estimate of drug-likeness (QED) is 0.814. The summed E-state index contributed by atoms with van der Waals surface area (Å²) >= 11 is 1.59. The third kappa shape index (κ3) is 5.98. The lowest BCUT2D eigenvalue weighted by molar-refractivity contribution is -0.124. The summed E-state index contributed by atoms with van der Waals surface area (Å²) in [7, 11) is 0. The van der Waals surface area contributed by atoms with E-state index in [2.05, 4.69) is 5.32 Å². The molecule has 1 N–H and O–H groups in total. The van der Waals surface area contributed by atoms with E-state index in [-0.39, 0.29) is 5.25 Å². The topological polar surface area (TPSA) is 12.0 Å². The number of aryl methyl sites for hydroxylation is 1. The van der Waals surface area contributed by atoms with Crippen LogP contribution < -0.4 is 5.32 Å². The fraction of sp³-hybridized carbons (Fsp3) is 0.500. The Morgan fingerprint density at radius 1 is 1.29 bits per heavy atom. The summed E-state index contributed by atoms with van der Waals surface area (Å²) < 4.78 is 35.8. The third-order valence-corrected chi connectivity index (χ3v) is 3.46. The molecule has 1 atom stereocenters. The molecule has 0 saturated carbocycles. The second kappa shape index (κ2) is 6.31. The van der Waals surface area contributed by atoms with Gasteiger partial charge in [-0.1, -0.05) is 25.1 Å². The van der Waals surface area contributed by atoms with Crippen molar-refractivity contribution in [2.75, 3.05) is 13.1 Å². The molecule has 0 fully saturated rings. The molecular weight excluding hydrogens is 247 g/mol. The molecule has 5 heteroatoms. The summed E-state index contributed by atoms with van der Waals surface area (Å²) in [5.41, 5.74) is 1.15. The summed E-state index contributed by atoms with van der Waals surface area (Å²) in [6, 6.07) is 7.87. The van der Waals surface area contributed by atoms with E-state index in [0.717, 1.165) is 10.5 Å². The zero-order chi connectivity index (χ0) is 12.9. The Morgan fingerprint density at radius 3 is 2.53 bits per heavy atom. The smallest absolute Gasteiger partial charge is 0.308 e. The maximum absolute atomic E-state index is 11.9. The molecule has 0 aromatic heterocycles. The van der Waals surface area contributed by atoms with Gasteiger partial charge in [0.05, 0.1) is 6.54 Å². The lowest BCUT2D eigenvalue weighted by Gasteiger charge is -2.14. The van der Waals surface area contributed by atoms with Crippen LogP contribution in [0.15, 0.2) is 29.2 Å². The van der Waals surface area contributed by atoms with Crippen molar-refractivity contribution in [2.45, 2.75) is 30.2 Å². The van der Waals surface area contributed by atoms with Gasteiger partial charge in [0.15, 0.2) is 0 Å². The van der Waals surface area contributed by atoms with Crippen molar-refractivity contribution >= 4 is 11.8 Å². The maximum atomic E-state index is 11.9. The van der Waals surface area contributed by atoms with E-state index in [1.165, 1.54) is 0 Å². The zero-order valence-electron chi connectivity index (χ0n) is 9.84. The fourth-order valence-corrected chi connectivity index (χ4v) is 2.41.